The molecule has 1 amide bonds. The first-order valence-electron chi connectivity index (χ1n) is 9.40. The second-order valence-corrected chi connectivity index (χ2v) is 9.23. The fraction of sp³-hybridized carbons (Fsp3) is 0.579. The lowest BCUT2D eigenvalue weighted by atomic mass is 10.2. The average Bonchev–Trinajstić information content (AvgIpc) is 3.04. The Kier molecular flexibility index (Phi) is 7.65. The summed E-state index contributed by atoms with van der Waals surface area (Å²) >= 11 is 0. The highest BCUT2D eigenvalue weighted by Crippen LogP contribution is 2.21. The van der Waals surface area contributed by atoms with Crippen LogP contribution < -0.4 is 15.5 Å². The van der Waals surface area contributed by atoms with Crippen molar-refractivity contribution in [3.8, 4) is 0 Å². The molecule has 1 saturated heterocycles. The highest BCUT2D eigenvalue weighted by molar-refractivity contribution is 7.90. The third-order valence-corrected chi connectivity index (χ3v) is 5.37. The summed E-state index contributed by atoms with van der Waals surface area (Å²) < 4.78 is 22.6. The molecule has 8 heteroatoms. The second-order valence-electron chi connectivity index (χ2n) is 6.97. The van der Waals surface area contributed by atoms with Crippen LogP contribution in [-0.4, -0.2) is 51.4 Å². The molecule has 1 heterocycles. The summed E-state index contributed by atoms with van der Waals surface area (Å²) in [5.41, 5.74) is 1.98. The van der Waals surface area contributed by atoms with E-state index >= 15 is 0 Å². The fourth-order valence-corrected chi connectivity index (χ4v) is 3.67. The minimum Gasteiger partial charge on any atom is -0.357 e. The lowest BCUT2D eigenvalue weighted by molar-refractivity contribution is -0.117. The topological polar surface area (TPSA) is 90.9 Å². The maximum atomic E-state index is 11.8. The number of carbonyl (C=O) groups excluding carboxylic acids is 1. The van der Waals surface area contributed by atoms with Crippen LogP contribution in [0.2, 0.25) is 0 Å². The zero-order valence-electron chi connectivity index (χ0n) is 16.4. The van der Waals surface area contributed by atoms with E-state index < -0.39 is 9.84 Å². The van der Waals surface area contributed by atoms with Gasteiger partial charge >= 0.3 is 0 Å². The summed E-state index contributed by atoms with van der Waals surface area (Å²) in [5.74, 6) is 0.997. The molecule has 0 bridgehead atoms. The standard InChI is InChI=1S/C19H30N4O3S/c1-4-20-19(22-15(2)11-13-27(3,25)26)21-14-16-7-9-17(10-8-16)23-12-5-6-18(23)24/h7-10,15H,4-6,11-14H2,1-3H3,(H2,20,21,22). The Morgan fingerprint density at radius 1 is 1.30 bits per heavy atom. The van der Waals surface area contributed by atoms with E-state index in [0.29, 0.717) is 25.3 Å². The molecule has 1 aliphatic heterocycles. The van der Waals surface area contributed by atoms with E-state index in [0.717, 1.165) is 30.8 Å². The molecular formula is C19H30N4O3S. The lowest BCUT2D eigenvalue weighted by Gasteiger charge is -2.18. The van der Waals surface area contributed by atoms with E-state index in [4.69, 9.17) is 0 Å². The van der Waals surface area contributed by atoms with Crippen molar-refractivity contribution in [1.82, 2.24) is 10.6 Å². The summed E-state index contributed by atoms with van der Waals surface area (Å²) in [6.45, 7) is 5.94. The van der Waals surface area contributed by atoms with Gasteiger partial charge in [-0.05, 0) is 44.4 Å². The first-order valence-corrected chi connectivity index (χ1v) is 11.5. The van der Waals surface area contributed by atoms with Gasteiger partial charge in [-0.3, -0.25) is 4.79 Å². The number of anilines is 1. The third-order valence-electron chi connectivity index (χ3n) is 4.39. The van der Waals surface area contributed by atoms with Gasteiger partial charge in [0, 0.05) is 37.5 Å². The molecule has 7 nitrogen and oxygen atoms in total. The number of aliphatic imine (C=N–C) groups is 1. The van der Waals surface area contributed by atoms with Crippen LogP contribution >= 0.6 is 0 Å². The smallest absolute Gasteiger partial charge is 0.227 e. The number of hydrogen-bond donors (Lipinski definition) is 2. The van der Waals surface area contributed by atoms with Crippen molar-refractivity contribution in [2.24, 2.45) is 4.99 Å². The SMILES string of the molecule is CCNC(=NCc1ccc(N2CCCC2=O)cc1)NC(C)CCS(C)(=O)=O. The van der Waals surface area contributed by atoms with Crippen molar-refractivity contribution in [1.29, 1.82) is 0 Å². The quantitative estimate of drug-likeness (QED) is 0.517. The van der Waals surface area contributed by atoms with Crippen LogP contribution in [0.3, 0.4) is 0 Å². The van der Waals surface area contributed by atoms with Gasteiger partial charge in [-0.1, -0.05) is 12.1 Å². The predicted molar refractivity (Wildman–Crippen MR) is 110 cm³/mol. The molecule has 1 unspecified atom stereocenters. The largest absolute Gasteiger partial charge is 0.357 e. The molecule has 1 atom stereocenters. The van der Waals surface area contributed by atoms with Crippen molar-refractivity contribution in [2.45, 2.75) is 45.7 Å². The molecule has 2 rings (SSSR count). The first-order chi connectivity index (χ1) is 12.8. The van der Waals surface area contributed by atoms with Gasteiger partial charge in [-0.15, -0.1) is 0 Å². The zero-order valence-corrected chi connectivity index (χ0v) is 17.2. The van der Waals surface area contributed by atoms with Gasteiger partial charge in [0.05, 0.1) is 12.3 Å². The summed E-state index contributed by atoms with van der Waals surface area (Å²) in [5, 5.41) is 6.42. The molecule has 2 N–H and O–H groups in total. The maximum Gasteiger partial charge on any atom is 0.227 e. The van der Waals surface area contributed by atoms with E-state index in [1.165, 1.54) is 6.26 Å². The van der Waals surface area contributed by atoms with Crippen LogP contribution in [0, 0.1) is 0 Å². The van der Waals surface area contributed by atoms with Crippen molar-refractivity contribution in [3.05, 3.63) is 29.8 Å². The van der Waals surface area contributed by atoms with Crippen LogP contribution in [0.1, 0.15) is 38.7 Å². The number of benzene rings is 1. The van der Waals surface area contributed by atoms with Crippen molar-refractivity contribution in [2.75, 3.05) is 30.0 Å². The van der Waals surface area contributed by atoms with E-state index in [-0.39, 0.29) is 17.7 Å². The molecule has 0 spiro atoms. The van der Waals surface area contributed by atoms with Crippen LogP contribution in [0.4, 0.5) is 5.69 Å². The lowest BCUT2D eigenvalue weighted by Crippen LogP contribution is -2.42. The number of rotatable bonds is 8. The molecule has 1 aromatic carbocycles. The highest BCUT2D eigenvalue weighted by atomic mass is 32.2. The highest BCUT2D eigenvalue weighted by Gasteiger charge is 2.21. The van der Waals surface area contributed by atoms with Gasteiger partial charge in [-0.25, -0.2) is 13.4 Å². The summed E-state index contributed by atoms with van der Waals surface area (Å²) in [6.07, 6.45) is 3.32. The Hall–Kier alpha value is -2.09. The van der Waals surface area contributed by atoms with Gasteiger partial charge in [0.1, 0.15) is 9.84 Å². The van der Waals surface area contributed by atoms with E-state index in [1.807, 2.05) is 43.0 Å². The van der Waals surface area contributed by atoms with Gasteiger partial charge in [0.2, 0.25) is 5.91 Å². The second kappa shape index (κ2) is 9.73. The number of sulfone groups is 1. The molecule has 1 aliphatic rings. The molecule has 150 valence electrons. The van der Waals surface area contributed by atoms with Crippen molar-refractivity contribution >= 4 is 27.4 Å². The number of guanidine groups is 1. The normalized spacial score (nSPS) is 16.5. The predicted octanol–water partition coefficient (Wildman–Crippen LogP) is 1.69. The molecule has 1 aromatic rings. The van der Waals surface area contributed by atoms with Crippen LogP contribution in [0.5, 0.6) is 0 Å². The maximum absolute atomic E-state index is 11.8. The van der Waals surface area contributed by atoms with Crippen molar-refractivity contribution < 1.29 is 13.2 Å². The number of carbonyl (C=O) groups is 1. The average molecular weight is 395 g/mol. The van der Waals surface area contributed by atoms with Gasteiger partial charge in [0.25, 0.3) is 0 Å². The Morgan fingerprint density at radius 3 is 2.56 bits per heavy atom. The molecular weight excluding hydrogens is 364 g/mol. The Morgan fingerprint density at radius 2 is 2.00 bits per heavy atom. The summed E-state index contributed by atoms with van der Waals surface area (Å²) in [4.78, 5) is 18.2. The van der Waals surface area contributed by atoms with E-state index in [2.05, 4.69) is 15.6 Å². The molecule has 0 aliphatic carbocycles. The summed E-state index contributed by atoms with van der Waals surface area (Å²) in [7, 11) is -2.97. The number of amides is 1. The van der Waals surface area contributed by atoms with Gasteiger partial charge in [-0.2, -0.15) is 0 Å². The monoisotopic (exact) mass is 394 g/mol. The molecule has 0 radical (unpaired) electrons. The Labute approximate surface area is 162 Å². The molecule has 1 fully saturated rings. The minimum absolute atomic E-state index is 0.001000. The van der Waals surface area contributed by atoms with Crippen LogP contribution in [-0.2, 0) is 21.2 Å². The number of hydrogen-bond acceptors (Lipinski definition) is 4. The molecule has 0 aromatic heterocycles. The number of nitrogens with zero attached hydrogens (tertiary/aromatic N) is 2. The van der Waals surface area contributed by atoms with Crippen molar-refractivity contribution in [3.63, 3.8) is 0 Å². The minimum atomic E-state index is -2.97. The Balaban J connectivity index is 1.94. The molecule has 27 heavy (non-hydrogen) atoms. The Bertz CT molecular complexity index is 760. The van der Waals surface area contributed by atoms with Gasteiger partial charge < -0.3 is 15.5 Å². The first kappa shape index (κ1) is 21.2. The van der Waals surface area contributed by atoms with E-state index in [1.54, 1.807) is 0 Å². The molecule has 0 saturated carbocycles. The zero-order chi connectivity index (χ0) is 19.9. The van der Waals surface area contributed by atoms with Crippen LogP contribution in [0.25, 0.3) is 0 Å². The third kappa shape index (κ3) is 7.21. The van der Waals surface area contributed by atoms with Crippen LogP contribution in [0.15, 0.2) is 29.3 Å². The fourth-order valence-electron chi connectivity index (χ4n) is 2.89. The number of nitrogens with one attached hydrogen (secondary N) is 2. The van der Waals surface area contributed by atoms with Gasteiger partial charge in [0.15, 0.2) is 5.96 Å². The summed E-state index contributed by atoms with van der Waals surface area (Å²) in [6, 6.07) is 7.90. The van der Waals surface area contributed by atoms with E-state index in [9.17, 15) is 13.2 Å².